The van der Waals surface area contributed by atoms with Crippen LogP contribution in [0.3, 0.4) is 0 Å². The Bertz CT molecular complexity index is 20.9. The molecule has 0 amide bonds. The van der Waals surface area contributed by atoms with Crippen LogP contribution in [0, 0.1) is 0 Å². The molecule has 0 saturated heterocycles. The lowest BCUT2D eigenvalue weighted by atomic mass is 10.5. The smallest absolute Gasteiger partial charge is 0.124 e. The fourth-order valence-corrected chi connectivity index (χ4v) is 0. The highest BCUT2D eigenvalue weighted by Crippen LogP contribution is 1.80. The van der Waals surface area contributed by atoms with Crippen LogP contribution >= 0.6 is 0 Å². The van der Waals surface area contributed by atoms with Gasteiger partial charge in [-0.25, -0.2) is 9.50 Å². The lowest BCUT2D eigenvalue weighted by Crippen LogP contribution is -1.94. The highest BCUT2D eigenvalue weighted by molar-refractivity contribution is 4.34. The van der Waals surface area contributed by atoms with Gasteiger partial charge in [0.25, 0.3) is 0 Å². The first-order valence-electron chi connectivity index (χ1n) is 1.49. The van der Waals surface area contributed by atoms with Gasteiger partial charge in [0, 0.05) is 0 Å². The van der Waals surface area contributed by atoms with Crippen LogP contribution in [0.4, 0.5) is 4.39 Å². The van der Waals surface area contributed by atoms with Crippen molar-refractivity contribution in [3.05, 3.63) is 0 Å². The van der Waals surface area contributed by atoms with Crippen molar-refractivity contribution in [2.45, 2.75) is 13.1 Å². The van der Waals surface area contributed by atoms with Gasteiger partial charge in [0.05, 0.1) is 0 Å². The summed E-state index contributed by atoms with van der Waals surface area (Å²) in [4.78, 5) is 0. The Kier molecular flexibility index (Phi) is 2.10. The van der Waals surface area contributed by atoms with Gasteiger partial charge >= 0.3 is 0 Å². The van der Waals surface area contributed by atoms with Gasteiger partial charge in [0.2, 0.25) is 0 Å². The third-order valence-corrected chi connectivity index (χ3v) is 0.230. The third kappa shape index (κ3) is 3.89. The first kappa shape index (κ1) is 4.89. The number of halogens is 1. The van der Waals surface area contributed by atoms with Crippen LogP contribution in [-0.2, 0) is 5.11 Å². The molecule has 0 aromatic rings. The van der Waals surface area contributed by atoms with Crippen molar-refractivity contribution in [1.29, 1.82) is 0 Å². The van der Waals surface area contributed by atoms with Crippen LogP contribution in [0.15, 0.2) is 0 Å². The minimum atomic E-state index is -1.17. The van der Waals surface area contributed by atoms with E-state index in [1.165, 1.54) is 6.92 Å². The molecule has 0 aromatic carbocycles. The summed E-state index contributed by atoms with van der Waals surface area (Å²) in [6.07, 6.45) is -1.17. The Hall–Kier alpha value is -0.110. The first-order valence-corrected chi connectivity index (χ1v) is 1.49. The van der Waals surface area contributed by atoms with Crippen molar-refractivity contribution in [2.24, 2.45) is 0 Å². The fraction of sp³-hybridized carbons (Fsp3) is 1.00. The lowest BCUT2D eigenvalue weighted by molar-refractivity contribution is 0.124. The van der Waals surface area contributed by atoms with Gasteiger partial charge < -0.3 is 0 Å². The molecule has 5 heavy (non-hydrogen) atoms. The maximum absolute atomic E-state index is 11.1. The van der Waals surface area contributed by atoms with Crippen molar-refractivity contribution < 1.29 is 9.50 Å². The van der Waals surface area contributed by atoms with Crippen molar-refractivity contribution in [1.82, 2.24) is 0 Å². The fourth-order valence-electron chi connectivity index (χ4n) is 0. The Morgan fingerprint density at radius 2 is 2.20 bits per heavy atom. The van der Waals surface area contributed by atoms with Crippen LogP contribution in [0.5, 0.6) is 0 Å². The second-order valence-corrected chi connectivity index (χ2v) is 0.947. The molecule has 0 heterocycles. The van der Waals surface area contributed by atoms with E-state index in [4.69, 9.17) is 0 Å². The molecule has 0 rings (SSSR count). The summed E-state index contributed by atoms with van der Waals surface area (Å²) in [7, 11) is 0. The number of rotatable bonds is 1. The molecule has 0 aromatic heterocycles. The molecule has 2 heteroatoms. The van der Waals surface area contributed by atoms with E-state index in [9.17, 15) is 9.50 Å². The van der Waals surface area contributed by atoms with Crippen LogP contribution in [0.2, 0.25) is 0 Å². The lowest BCUT2D eigenvalue weighted by Gasteiger charge is -1.83. The minimum Gasteiger partial charge on any atom is -0.245 e. The molecule has 0 saturated carbocycles. The van der Waals surface area contributed by atoms with Crippen molar-refractivity contribution in [3.63, 3.8) is 0 Å². The van der Waals surface area contributed by atoms with Gasteiger partial charge in [-0.05, 0) is 6.92 Å². The Balaban J connectivity index is 2.54. The van der Waals surface area contributed by atoms with Gasteiger partial charge in [-0.3, -0.25) is 0 Å². The quantitative estimate of drug-likeness (QED) is 0.440. The summed E-state index contributed by atoms with van der Waals surface area (Å²) in [6.45, 7) is 0.632. The Morgan fingerprint density at radius 1 is 2.00 bits per heavy atom. The van der Waals surface area contributed by atoms with E-state index in [-0.39, 0.29) is 0 Å². The molecular weight excluding hydrogens is 71.0 g/mol. The number of alkyl halides is 1. The maximum atomic E-state index is 11.1. The zero-order valence-electron chi connectivity index (χ0n) is 3.07. The van der Waals surface area contributed by atoms with Gasteiger partial charge in [-0.2, -0.15) is 0 Å². The Labute approximate surface area is 30.4 Å². The molecular formula is C3H6FO. The summed E-state index contributed by atoms with van der Waals surface area (Å²) >= 11 is 0. The molecule has 0 fully saturated rings. The molecule has 31 valence electrons. The van der Waals surface area contributed by atoms with E-state index in [0.717, 1.165) is 0 Å². The zero-order chi connectivity index (χ0) is 4.28. The van der Waals surface area contributed by atoms with Crippen LogP contribution in [0.1, 0.15) is 6.92 Å². The molecule has 0 aliphatic heterocycles. The van der Waals surface area contributed by atoms with Gasteiger partial charge in [0.1, 0.15) is 12.8 Å². The van der Waals surface area contributed by atoms with Crippen LogP contribution < -0.4 is 0 Å². The first-order chi connectivity index (χ1) is 2.27. The van der Waals surface area contributed by atoms with Gasteiger partial charge in [-0.1, -0.05) is 0 Å². The Morgan fingerprint density at radius 3 is 2.20 bits per heavy atom. The topological polar surface area (TPSA) is 19.9 Å². The summed E-state index contributed by atoms with van der Waals surface area (Å²) in [5.41, 5.74) is 0. The zero-order valence-corrected chi connectivity index (χ0v) is 3.07. The summed E-state index contributed by atoms with van der Waals surface area (Å²) < 4.78 is 11.1. The van der Waals surface area contributed by atoms with Crippen LogP contribution in [-0.4, -0.2) is 12.8 Å². The second-order valence-electron chi connectivity index (χ2n) is 0.947. The molecule has 0 spiro atoms. The van der Waals surface area contributed by atoms with Gasteiger partial charge in [-0.15, -0.1) is 0 Å². The normalized spacial score (nSPS) is 15.0. The van der Waals surface area contributed by atoms with Crippen molar-refractivity contribution in [2.75, 3.05) is 6.61 Å². The second kappa shape index (κ2) is 2.15. The maximum Gasteiger partial charge on any atom is 0.124 e. The van der Waals surface area contributed by atoms with E-state index < -0.39 is 12.8 Å². The van der Waals surface area contributed by atoms with E-state index >= 15 is 0 Å². The predicted molar refractivity (Wildman–Crippen MR) is 16.1 cm³/mol. The molecule has 0 bridgehead atoms. The monoisotopic (exact) mass is 77.0 g/mol. The molecule has 0 aliphatic rings. The highest BCUT2D eigenvalue weighted by atomic mass is 19.1. The standard InChI is InChI=1S/C3H6FO/c1-3(4)2-5/h3H,2H2,1H3/t3-/m0/s1. The van der Waals surface area contributed by atoms with E-state index in [1.807, 2.05) is 0 Å². The van der Waals surface area contributed by atoms with Gasteiger partial charge in [0.15, 0.2) is 0 Å². The molecule has 0 unspecified atom stereocenters. The summed E-state index contributed by atoms with van der Waals surface area (Å²) in [5, 5.41) is 9.25. The number of hydrogen-bond acceptors (Lipinski definition) is 0. The minimum absolute atomic E-state index is 0.611. The predicted octanol–water partition coefficient (Wildman–Crippen LogP) is 0.775. The van der Waals surface area contributed by atoms with Crippen molar-refractivity contribution >= 4 is 0 Å². The van der Waals surface area contributed by atoms with E-state index in [1.54, 1.807) is 0 Å². The molecule has 1 atom stereocenters. The highest BCUT2D eigenvalue weighted by Gasteiger charge is 1.89. The third-order valence-electron chi connectivity index (χ3n) is 0.230. The number of hydrogen-bond donors (Lipinski definition) is 0. The molecule has 1 radical (unpaired) electrons. The van der Waals surface area contributed by atoms with Crippen LogP contribution in [0.25, 0.3) is 0 Å². The summed E-state index contributed by atoms with van der Waals surface area (Å²) in [5.74, 6) is 0. The molecule has 1 nitrogen and oxygen atoms in total. The average Bonchev–Trinajstić information content (AvgIpc) is 1.38. The largest absolute Gasteiger partial charge is 0.245 e. The summed E-state index contributed by atoms with van der Waals surface area (Å²) in [6, 6.07) is 0. The SMILES string of the molecule is C[C@H](F)C[O]. The van der Waals surface area contributed by atoms with E-state index in [2.05, 4.69) is 0 Å². The molecule has 0 N–H and O–H groups in total. The average molecular weight is 77.1 g/mol. The van der Waals surface area contributed by atoms with E-state index in [0.29, 0.717) is 0 Å². The van der Waals surface area contributed by atoms with Crippen molar-refractivity contribution in [3.8, 4) is 0 Å². The molecule has 0 aliphatic carbocycles.